The van der Waals surface area contributed by atoms with Crippen molar-refractivity contribution in [2.75, 3.05) is 5.32 Å². The van der Waals surface area contributed by atoms with Gasteiger partial charge in [-0.2, -0.15) is 0 Å². The van der Waals surface area contributed by atoms with Gasteiger partial charge in [0.2, 0.25) is 0 Å². The lowest BCUT2D eigenvalue weighted by atomic mass is 10.4. The van der Waals surface area contributed by atoms with Crippen molar-refractivity contribution in [3.8, 4) is 0 Å². The van der Waals surface area contributed by atoms with Gasteiger partial charge < -0.3 is 11.1 Å². The van der Waals surface area contributed by atoms with Gasteiger partial charge in [0.15, 0.2) is 5.96 Å². The zero-order chi connectivity index (χ0) is 9.97. The molecule has 1 fully saturated rings. The summed E-state index contributed by atoms with van der Waals surface area (Å²) in [7, 11) is 0. The van der Waals surface area contributed by atoms with Crippen LogP contribution in [-0.4, -0.2) is 17.0 Å². The monoisotopic (exact) mass is 254 g/mol. The highest BCUT2D eigenvalue weighted by atomic mass is 79.9. The third-order valence-electron chi connectivity index (χ3n) is 1.85. The molecule has 3 N–H and O–H groups in total. The number of nitrogens with zero attached hydrogens (tertiary/aromatic N) is 2. The van der Waals surface area contributed by atoms with Crippen LogP contribution in [0, 0.1) is 0 Å². The van der Waals surface area contributed by atoms with Gasteiger partial charge in [-0.3, -0.25) is 4.98 Å². The first-order chi connectivity index (χ1) is 6.74. The molecule has 4 nitrogen and oxygen atoms in total. The molecule has 2 rings (SSSR count). The molecule has 1 aliphatic rings. The molecule has 0 spiro atoms. The van der Waals surface area contributed by atoms with Crippen LogP contribution in [0.2, 0.25) is 0 Å². The van der Waals surface area contributed by atoms with Crippen LogP contribution in [0.3, 0.4) is 0 Å². The summed E-state index contributed by atoms with van der Waals surface area (Å²) >= 11 is 3.33. The van der Waals surface area contributed by atoms with Crippen molar-refractivity contribution < 1.29 is 0 Å². The van der Waals surface area contributed by atoms with Crippen molar-refractivity contribution in [1.29, 1.82) is 0 Å². The maximum absolute atomic E-state index is 5.69. The van der Waals surface area contributed by atoms with Gasteiger partial charge in [0, 0.05) is 10.7 Å². The second kappa shape index (κ2) is 3.96. The Hall–Kier alpha value is -1.10. The summed E-state index contributed by atoms with van der Waals surface area (Å²) in [5.74, 6) is 0.465. The molecule has 0 radical (unpaired) electrons. The number of aromatic nitrogens is 1. The van der Waals surface area contributed by atoms with Gasteiger partial charge in [0.25, 0.3) is 0 Å². The zero-order valence-electron chi connectivity index (χ0n) is 7.57. The predicted molar refractivity (Wildman–Crippen MR) is 60.2 cm³/mol. The molecule has 5 heteroatoms. The van der Waals surface area contributed by atoms with Gasteiger partial charge in [0.1, 0.15) is 0 Å². The minimum Gasteiger partial charge on any atom is -0.370 e. The lowest BCUT2D eigenvalue weighted by molar-refractivity contribution is 1.06. The first-order valence-corrected chi connectivity index (χ1v) is 5.24. The molecule has 1 aliphatic carbocycles. The summed E-state index contributed by atoms with van der Waals surface area (Å²) in [4.78, 5) is 8.27. The Balaban J connectivity index is 2.02. The van der Waals surface area contributed by atoms with Crippen LogP contribution < -0.4 is 11.1 Å². The van der Waals surface area contributed by atoms with Crippen LogP contribution in [-0.2, 0) is 0 Å². The Morgan fingerprint density at radius 1 is 1.57 bits per heavy atom. The van der Waals surface area contributed by atoms with E-state index in [2.05, 4.69) is 31.2 Å². The van der Waals surface area contributed by atoms with Gasteiger partial charge in [-0.1, -0.05) is 0 Å². The molecule has 0 bridgehead atoms. The first-order valence-electron chi connectivity index (χ1n) is 4.45. The number of hydrogen-bond acceptors (Lipinski definition) is 2. The van der Waals surface area contributed by atoms with Gasteiger partial charge >= 0.3 is 0 Å². The van der Waals surface area contributed by atoms with Crippen molar-refractivity contribution in [3.63, 3.8) is 0 Å². The van der Waals surface area contributed by atoms with Gasteiger partial charge in [0.05, 0.1) is 17.9 Å². The van der Waals surface area contributed by atoms with Crippen molar-refractivity contribution in [3.05, 3.63) is 22.9 Å². The molecule has 1 heterocycles. The Bertz CT molecular complexity index is 360. The summed E-state index contributed by atoms with van der Waals surface area (Å²) in [5.41, 5.74) is 6.54. The Morgan fingerprint density at radius 3 is 3.00 bits per heavy atom. The van der Waals surface area contributed by atoms with E-state index in [1.807, 2.05) is 6.07 Å². The fraction of sp³-hybridized carbons (Fsp3) is 0.333. The number of guanidine groups is 1. The summed E-state index contributed by atoms with van der Waals surface area (Å²) < 4.78 is 0.918. The van der Waals surface area contributed by atoms with E-state index in [1.165, 1.54) is 0 Å². The van der Waals surface area contributed by atoms with Crippen LogP contribution in [0.5, 0.6) is 0 Å². The van der Waals surface area contributed by atoms with Crippen molar-refractivity contribution in [1.82, 2.24) is 4.98 Å². The second-order valence-electron chi connectivity index (χ2n) is 3.26. The highest BCUT2D eigenvalue weighted by Crippen LogP contribution is 2.23. The minimum atomic E-state index is 0.433. The van der Waals surface area contributed by atoms with E-state index in [-0.39, 0.29) is 0 Å². The largest absolute Gasteiger partial charge is 0.370 e. The average Bonchev–Trinajstić information content (AvgIpc) is 2.87. The number of nitrogens with one attached hydrogen (secondary N) is 1. The van der Waals surface area contributed by atoms with E-state index in [9.17, 15) is 0 Å². The highest BCUT2D eigenvalue weighted by molar-refractivity contribution is 9.10. The molecular weight excluding hydrogens is 244 g/mol. The normalized spacial score (nSPS) is 16.8. The molecule has 74 valence electrons. The van der Waals surface area contributed by atoms with E-state index in [0.29, 0.717) is 12.0 Å². The molecule has 1 aromatic heterocycles. The van der Waals surface area contributed by atoms with E-state index in [1.54, 1.807) is 12.4 Å². The fourth-order valence-electron chi connectivity index (χ4n) is 1.06. The van der Waals surface area contributed by atoms with E-state index in [4.69, 9.17) is 5.73 Å². The number of pyridine rings is 1. The number of halogens is 1. The molecule has 1 aromatic rings. The molecule has 0 aliphatic heterocycles. The first kappa shape index (κ1) is 9.45. The number of nitrogens with two attached hydrogens (primary N) is 1. The van der Waals surface area contributed by atoms with E-state index in [0.717, 1.165) is 23.0 Å². The Morgan fingerprint density at radius 2 is 2.36 bits per heavy atom. The van der Waals surface area contributed by atoms with E-state index < -0.39 is 0 Å². The second-order valence-corrected chi connectivity index (χ2v) is 4.18. The molecular formula is C9H11BrN4. The van der Waals surface area contributed by atoms with Crippen molar-refractivity contribution in [2.24, 2.45) is 10.7 Å². The number of hydrogen-bond donors (Lipinski definition) is 2. The number of aliphatic imine (C=N–C) groups is 1. The van der Waals surface area contributed by atoms with Crippen LogP contribution in [0.25, 0.3) is 0 Å². The predicted octanol–water partition coefficient (Wildman–Crippen LogP) is 1.73. The maximum atomic E-state index is 5.69. The van der Waals surface area contributed by atoms with Gasteiger partial charge in [-0.15, -0.1) is 0 Å². The smallest absolute Gasteiger partial charge is 0.193 e. The molecule has 14 heavy (non-hydrogen) atoms. The lowest BCUT2D eigenvalue weighted by Gasteiger charge is -2.04. The SMILES string of the molecule is NC(=NC1CC1)Nc1cncc(Br)c1. The molecule has 0 amide bonds. The minimum absolute atomic E-state index is 0.433. The molecule has 0 saturated heterocycles. The molecule has 0 atom stereocenters. The quantitative estimate of drug-likeness (QED) is 0.624. The van der Waals surface area contributed by atoms with Crippen LogP contribution >= 0.6 is 15.9 Å². The molecule has 1 saturated carbocycles. The summed E-state index contributed by atoms with van der Waals surface area (Å²) in [6.45, 7) is 0. The number of anilines is 1. The van der Waals surface area contributed by atoms with Gasteiger partial charge in [-0.25, -0.2) is 4.99 Å². The molecule has 0 aromatic carbocycles. The van der Waals surface area contributed by atoms with Gasteiger partial charge in [-0.05, 0) is 34.8 Å². The molecule has 0 unspecified atom stereocenters. The van der Waals surface area contributed by atoms with Crippen molar-refractivity contribution in [2.45, 2.75) is 18.9 Å². The Kier molecular flexibility index (Phi) is 2.67. The summed E-state index contributed by atoms with van der Waals surface area (Å²) in [5, 5.41) is 2.99. The van der Waals surface area contributed by atoms with E-state index >= 15 is 0 Å². The third kappa shape index (κ3) is 2.70. The van der Waals surface area contributed by atoms with Crippen LogP contribution in [0.1, 0.15) is 12.8 Å². The van der Waals surface area contributed by atoms with Crippen LogP contribution in [0.15, 0.2) is 27.9 Å². The lowest BCUT2D eigenvalue weighted by Crippen LogP contribution is -2.23. The summed E-state index contributed by atoms with van der Waals surface area (Å²) in [6.07, 6.45) is 5.73. The topological polar surface area (TPSA) is 63.3 Å². The number of rotatable bonds is 2. The van der Waals surface area contributed by atoms with Crippen LogP contribution in [0.4, 0.5) is 5.69 Å². The zero-order valence-corrected chi connectivity index (χ0v) is 9.16. The van der Waals surface area contributed by atoms with Crippen molar-refractivity contribution >= 4 is 27.6 Å². The summed E-state index contributed by atoms with van der Waals surface area (Å²) in [6, 6.07) is 2.34. The third-order valence-corrected chi connectivity index (χ3v) is 2.28. The standard InChI is InChI=1S/C9H11BrN4/c10-6-3-8(5-12-4-6)14-9(11)13-7-1-2-7/h3-5,7H,1-2H2,(H3,11,13,14). The average molecular weight is 255 g/mol. The fourth-order valence-corrected chi connectivity index (χ4v) is 1.43. The maximum Gasteiger partial charge on any atom is 0.193 e. The Labute approximate surface area is 90.8 Å². The highest BCUT2D eigenvalue weighted by Gasteiger charge is 2.20.